The van der Waals surface area contributed by atoms with Crippen LogP contribution in [0.3, 0.4) is 0 Å². The number of rotatable bonds is 2. The van der Waals surface area contributed by atoms with Gasteiger partial charge in [-0.15, -0.1) is 0 Å². The van der Waals surface area contributed by atoms with Gasteiger partial charge in [-0.2, -0.15) is 0 Å². The van der Waals surface area contributed by atoms with Crippen LogP contribution in [0.15, 0.2) is 0 Å². The van der Waals surface area contributed by atoms with Gasteiger partial charge in [-0.3, -0.25) is 0 Å². The van der Waals surface area contributed by atoms with Gasteiger partial charge in [-0.25, -0.2) is 0 Å². The highest BCUT2D eigenvalue weighted by Gasteiger charge is 2.19. The molecule has 1 fully saturated rings. The number of hydrogen-bond acceptors (Lipinski definition) is 1. The van der Waals surface area contributed by atoms with Crippen LogP contribution in [-0.2, 0) is 0 Å². The van der Waals surface area contributed by atoms with Crippen LogP contribution in [0.25, 0.3) is 0 Å². The monoisotopic (exact) mass is 215 g/mol. The van der Waals surface area contributed by atoms with Crippen LogP contribution >= 0.6 is 0 Å². The van der Waals surface area contributed by atoms with Crippen LogP contribution in [0.5, 0.6) is 0 Å². The second-order valence-corrected chi connectivity index (χ2v) is 4.01. The minimum atomic E-state index is 0.754. The van der Waals surface area contributed by atoms with Crippen molar-refractivity contribution in [2.75, 3.05) is 13.1 Å². The molecule has 0 amide bonds. The average molecular weight is 215 g/mol. The van der Waals surface area contributed by atoms with Gasteiger partial charge in [-0.05, 0) is 39.2 Å². The molecule has 0 unspecified atom stereocenters. The molecule has 1 nitrogen and oxygen atoms in total. The van der Waals surface area contributed by atoms with Crippen molar-refractivity contribution in [3.05, 3.63) is 0 Å². The molecule has 0 saturated carbocycles. The molecule has 15 heavy (non-hydrogen) atoms. The quantitative estimate of drug-likeness (QED) is 0.652. The summed E-state index contributed by atoms with van der Waals surface area (Å²) in [5, 5.41) is 0. The van der Waals surface area contributed by atoms with Gasteiger partial charge in [0.1, 0.15) is 0 Å². The summed E-state index contributed by atoms with van der Waals surface area (Å²) in [6, 6.07) is 0.754. The fraction of sp³-hybridized carbons (Fsp3) is 1.00. The van der Waals surface area contributed by atoms with Gasteiger partial charge in [0.05, 0.1) is 0 Å². The highest BCUT2D eigenvalue weighted by atomic mass is 15.1. The normalized spacial score (nSPS) is 21.2. The Bertz CT molecular complexity index is 110. The number of likely N-dealkylation sites (tertiary alicyclic amines) is 1. The number of piperidine rings is 1. The summed E-state index contributed by atoms with van der Waals surface area (Å²) in [4.78, 5) is 2.61. The Morgan fingerprint density at radius 2 is 1.67 bits per heavy atom. The molecule has 1 atom stereocenters. The molecule has 1 rings (SSSR count). The molecule has 1 aliphatic rings. The van der Waals surface area contributed by atoms with Crippen molar-refractivity contribution in [2.45, 2.75) is 73.8 Å². The summed E-state index contributed by atoms with van der Waals surface area (Å²) in [7, 11) is 0. The van der Waals surface area contributed by atoms with E-state index in [2.05, 4.69) is 25.7 Å². The Morgan fingerprint density at radius 1 is 1.13 bits per heavy atom. The molecule has 0 spiro atoms. The minimum Gasteiger partial charge on any atom is -0.301 e. The molecule has 0 aromatic rings. The predicted molar refractivity (Wildman–Crippen MR) is 72.4 cm³/mol. The Hall–Kier alpha value is -0.0400. The first-order chi connectivity index (χ1) is 7.24. The van der Waals surface area contributed by atoms with E-state index in [-0.39, 0.29) is 0 Å². The van der Waals surface area contributed by atoms with Gasteiger partial charge < -0.3 is 4.90 Å². The van der Waals surface area contributed by atoms with E-state index >= 15 is 0 Å². The van der Waals surface area contributed by atoms with E-state index in [1.807, 2.05) is 27.7 Å². The van der Waals surface area contributed by atoms with Gasteiger partial charge in [0.25, 0.3) is 0 Å². The van der Waals surface area contributed by atoms with Crippen LogP contribution in [0.1, 0.15) is 67.7 Å². The van der Waals surface area contributed by atoms with E-state index in [9.17, 15) is 0 Å². The van der Waals surface area contributed by atoms with E-state index in [1.54, 1.807) is 0 Å². The Morgan fingerprint density at radius 3 is 2.07 bits per heavy atom. The van der Waals surface area contributed by atoms with Crippen molar-refractivity contribution in [2.24, 2.45) is 5.92 Å². The summed E-state index contributed by atoms with van der Waals surface area (Å²) >= 11 is 0. The van der Waals surface area contributed by atoms with Crippen LogP contribution in [-0.4, -0.2) is 24.0 Å². The summed E-state index contributed by atoms with van der Waals surface area (Å²) in [5.74, 6) is 0.978. The summed E-state index contributed by atoms with van der Waals surface area (Å²) < 4.78 is 0. The molecule has 0 radical (unpaired) electrons. The SMILES string of the molecule is CC.CC.CC[C@@H]1CCCN(C(C)C)C1. The number of nitrogens with zero attached hydrogens (tertiary/aromatic N) is 1. The zero-order chi connectivity index (χ0) is 12.3. The second-order valence-electron chi connectivity index (χ2n) is 4.01. The minimum absolute atomic E-state index is 0.754. The lowest BCUT2D eigenvalue weighted by Crippen LogP contribution is -2.39. The molecular weight excluding hydrogens is 182 g/mol. The molecule has 0 aromatic heterocycles. The first-order valence-corrected chi connectivity index (χ1v) is 6.98. The zero-order valence-electron chi connectivity index (χ0n) is 12.1. The Kier molecular flexibility index (Phi) is 13.9. The van der Waals surface area contributed by atoms with Crippen molar-refractivity contribution in [3.8, 4) is 0 Å². The van der Waals surface area contributed by atoms with Crippen LogP contribution < -0.4 is 0 Å². The Balaban J connectivity index is 0. The van der Waals surface area contributed by atoms with Crippen molar-refractivity contribution in [3.63, 3.8) is 0 Å². The van der Waals surface area contributed by atoms with Gasteiger partial charge in [-0.1, -0.05) is 41.0 Å². The highest BCUT2D eigenvalue weighted by molar-refractivity contribution is 4.73. The molecule has 0 aliphatic carbocycles. The average Bonchev–Trinajstić information content (AvgIpc) is 2.34. The van der Waals surface area contributed by atoms with Gasteiger partial charge in [0, 0.05) is 12.6 Å². The molecule has 1 aliphatic heterocycles. The molecule has 1 saturated heterocycles. The lowest BCUT2D eigenvalue weighted by atomic mass is 9.95. The standard InChI is InChI=1S/C10H21N.2C2H6/c1-4-10-6-5-7-11(8-10)9(2)3;2*1-2/h9-10H,4-8H2,1-3H3;2*1-2H3/t10-;;/m1../s1. The van der Waals surface area contributed by atoms with E-state index in [1.165, 1.54) is 32.4 Å². The van der Waals surface area contributed by atoms with E-state index in [4.69, 9.17) is 0 Å². The van der Waals surface area contributed by atoms with E-state index < -0.39 is 0 Å². The van der Waals surface area contributed by atoms with Gasteiger partial charge in [0.15, 0.2) is 0 Å². The van der Waals surface area contributed by atoms with Crippen LogP contribution in [0, 0.1) is 5.92 Å². The van der Waals surface area contributed by atoms with Crippen molar-refractivity contribution in [1.82, 2.24) is 4.90 Å². The van der Waals surface area contributed by atoms with Crippen molar-refractivity contribution < 1.29 is 0 Å². The van der Waals surface area contributed by atoms with Crippen LogP contribution in [0.4, 0.5) is 0 Å². The molecule has 0 bridgehead atoms. The first kappa shape index (κ1) is 17.4. The van der Waals surface area contributed by atoms with Crippen molar-refractivity contribution in [1.29, 1.82) is 0 Å². The molecule has 1 heterocycles. The smallest absolute Gasteiger partial charge is 0.00387 e. The third kappa shape index (κ3) is 7.84. The lowest BCUT2D eigenvalue weighted by Gasteiger charge is -2.34. The van der Waals surface area contributed by atoms with E-state index in [0.29, 0.717) is 0 Å². The predicted octanol–water partition coefficient (Wildman–Crippen LogP) is 4.57. The molecular formula is C14H33N. The summed E-state index contributed by atoms with van der Waals surface area (Å²) in [6.07, 6.45) is 4.24. The fourth-order valence-electron chi connectivity index (χ4n) is 1.90. The maximum atomic E-state index is 2.61. The highest BCUT2D eigenvalue weighted by Crippen LogP contribution is 2.20. The topological polar surface area (TPSA) is 3.24 Å². The fourth-order valence-corrected chi connectivity index (χ4v) is 1.90. The van der Waals surface area contributed by atoms with Gasteiger partial charge in [0.2, 0.25) is 0 Å². The zero-order valence-corrected chi connectivity index (χ0v) is 12.1. The van der Waals surface area contributed by atoms with Crippen LogP contribution in [0.2, 0.25) is 0 Å². The number of hydrogen-bond donors (Lipinski definition) is 0. The molecule has 94 valence electrons. The summed E-state index contributed by atoms with van der Waals surface area (Å²) in [5.41, 5.74) is 0. The lowest BCUT2D eigenvalue weighted by molar-refractivity contribution is 0.138. The largest absolute Gasteiger partial charge is 0.301 e. The third-order valence-corrected chi connectivity index (χ3v) is 2.86. The maximum absolute atomic E-state index is 2.61. The summed E-state index contributed by atoms with van der Waals surface area (Å²) in [6.45, 7) is 17.6. The molecule has 1 heteroatoms. The second kappa shape index (κ2) is 12.0. The van der Waals surface area contributed by atoms with E-state index in [0.717, 1.165) is 12.0 Å². The maximum Gasteiger partial charge on any atom is 0.00387 e. The first-order valence-electron chi connectivity index (χ1n) is 6.98. The van der Waals surface area contributed by atoms with Gasteiger partial charge >= 0.3 is 0 Å². The molecule has 0 N–H and O–H groups in total. The van der Waals surface area contributed by atoms with Crippen molar-refractivity contribution >= 4 is 0 Å². The molecule has 0 aromatic carbocycles. The Labute approximate surface area is 98.2 Å². The third-order valence-electron chi connectivity index (χ3n) is 2.86.